The van der Waals surface area contributed by atoms with E-state index in [-0.39, 0.29) is 63.5 Å². The minimum atomic E-state index is -1.59. The SMILES string of the molecule is C=C1CC[C@@]2(C)[C@H]1[C@@H](O)C[C@]1(C)[C@@H]2[C@H](O)C[C@@H]2[C@@]3(C)CC[C@H](O[C@@H]4OC[C@@H](O)[C@H](O)[C@H]4O[C@@H]4O[C@@H](C)[C@H](O)[C@@H](O)[C@H]4O)C(C)(C)[C@@H]3CC[C@]21C. The molecule has 11 nitrogen and oxygen atoms in total. The number of rotatable bonds is 4. The number of ether oxygens (including phenoxy) is 4. The first-order chi connectivity index (χ1) is 23.2. The van der Waals surface area contributed by atoms with Crippen molar-refractivity contribution in [3.8, 4) is 0 Å². The molecule has 0 radical (unpaired) electrons. The summed E-state index contributed by atoms with van der Waals surface area (Å²) in [5, 5.41) is 76.7. The van der Waals surface area contributed by atoms with Crippen molar-refractivity contribution < 1.29 is 54.7 Å². The zero-order valence-electron chi connectivity index (χ0n) is 31.1. The molecule has 7 N–H and O–H groups in total. The molecule has 0 unspecified atom stereocenters. The van der Waals surface area contributed by atoms with Gasteiger partial charge in [-0.2, -0.15) is 0 Å². The molecule has 7 aliphatic rings. The van der Waals surface area contributed by atoms with Crippen molar-refractivity contribution in [2.45, 2.75) is 173 Å². The van der Waals surface area contributed by atoms with Crippen molar-refractivity contribution in [2.75, 3.05) is 6.61 Å². The molecule has 5 saturated carbocycles. The molecule has 5 aliphatic carbocycles. The van der Waals surface area contributed by atoms with Crippen molar-refractivity contribution >= 4 is 0 Å². The largest absolute Gasteiger partial charge is 0.393 e. The average Bonchev–Trinajstić information content (AvgIpc) is 3.35. The lowest BCUT2D eigenvalue weighted by atomic mass is 9.31. The summed E-state index contributed by atoms with van der Waals surface area (Å²) in [5.41, 5.74) is 0.216. The van der Waals surface area contributed by atoms with Gasteiger partial charge < -0.3 is 54.7 Å². The van der Waals surface area contributed by atoms with Crippen molar-refractivity contribution in [2.24, 2.45) is 50.7 Å². The average molecular weight is 709 g/mol. The molecular formula is C39H64O11. The number of aliphatic hydroxyl groups is 7. The van der Waals surface area contributed by atoms with Crippen LogP contribution < -0.4 is 0 Å². The van der Waals surface area contributed by atoms with Gasteiger partial charge in [-0.15, -0.1) is 0 Å². The minimum absolute atomic E-state index is 0.0382. The molecule has 286 valence electrons. The Morgan fingerprint density at radius 3 is 2.10 bits per heavy atom. The van der Waals surface area contributed by atoms with Crippen LogP contribution in [0.25, 0.3) is 0 Å². The van der Waals surface area contributed by atoms with E-state index in [0.29, 0.717) is 12.8 Å². The Balaban J connectivity index is 1.13. The fourth-order valence-corrected chi connectivity index (χ4v) is 14.0. The molecule has 7 rings (SSSR count). The predicted molar refractivity (Wildman–Crippen MR) is 182 cm³/mol. The maximum Gasteiger partial charge on any atom is 0.187 e. The molecule has 0 amide bonds. The van der Waals surface area contributed by atoms with Gasteiger partial charge >= 0.3 is 0 Å². The van der Waals surface area contributed by atoms with Gasteiger partial charge in [0.25, 0.3) is 0 Å². The van der Waals surface area contributed by atoms with E-state index >= 15 is 0 Å². The maximum atomic E-state index is 12.2. The molecule has 2 aliphatic heterocycles. The highest BCUT2D eigenvalue weighted by Crippen LogP contribution is 2.77. The zero-order chi connectivity index (χ0) is 36.5. The fraction of sp³-hybridized carbons (Fsp3) is 0.949. The Hall–Kier alpha value is -0.700. The van der Waals surface area contributed by atoms with Crippen LogP contribution in [-0.4, -0.2) is 116 Å². The smallest absolute Gasteiger partial charge is 0.187 e. The van der Waals surface area contributed by atoms with Crippen LogP contribution in [0.4, 0.5) is 0 Å². The lowest BCUT2D eigenvalue weighted by Crippen LogP contribution is -2.71. The predicted octanol–water partition coefficient (Wildman–Crippen LogP) is 2.65. The number of hydrogen-bond acceptors (Lipinski definition) is 11. The molecular weight excluding hydrogens is 644 g/mol. The van der Waals surface area contributed by atoms with Crippen LogP contribution in [0.15, 0.2) is 12.2 Å². The monoisotopic (exact) mass is 708 g/mol. The van der Waals surface area contributed by atoms with Gasteiger partial charge in [-0.05, 0) is 103 Å². The Morgan fingerprint density at radius 1 is 0.700 bits per heavy atom. The molecule has 11 heteroatoms. The molecule has 2 heterocycles. The van der Waals surface area contributed by atoms with Crippen LogP contribution in [-0.2, 0) is 18.9 Å². The van der Waals surface area contributed by atoms with Gasteiger partial charge in [0.2, 0.25) is 0 Å². The third-order valence-corrected chi connectivity index (χ3v) is 16.5. The highest BCUT2D eigenvalue weighted by molar-refractivity contribution is 5.27. The third-order valence-electron chi connectivity index (χ3n) is 16.5. The molecule has 0 bridgehead atoms. The summed E-state index contributed by atoms with van der Waals surface area (Å²) in [5.74, 6) is 0.630. The molecule has 20 atom stereocenters. The molecule has 50 heavy (non-hydrogen) atoms. The molecule has 2 saturated heterocycles. The Bertz CT molecular complexity index is 1310. The minimum Gasteiger partial charge on any atom is -0.393 e. The van der Waals surface area contributed by atoms with E-state index in [1.807, 2.05) is 0 Å². The van der Waals surface area contributed by atoms with E-state index in [4.69, 9.17) is 18.9 Å². The van der Waals surface area contributed by atoms with Gasteiger partial charge in [0.1, 0.15) is 36.6 Å². The Kier molecular flexibility index (Phi) is 9.34. The van der Waals surface area contributed by atoms with Gasteiger partial charge in [0.15, 0.2) is 12.6 Å². The third kappa shape index (κ3) is 5.15. The Labute approximate surface area is 297 Å². The quantitative estimate of drug-likeness (QED) is 0.169. The van der Waals surface area contributed by atoms with Crippen LogP contribution in [0.5, 0.6) is 0 Å². The van der Waals surface area contributed by atoms with Gasteiger partial charge in [0.05, 0.1) is 31.0 Å². The molecule has 0 aromatic heterocycles. The van der Waals surface area contributed by atoms with E-state index < -0.39 is 67.5 Å². The van der Waals surface area contributed by atoms with Crippen LogP contribution in [0.3, 0.4) is 0 Å². The van der Waals surface area contributed by atoms with Crippen molar-refractivity contribution in [1.29, 1.82) is 0 Å². The van der Waals surface area contributed by atoms with Crippen LogP contribution in [0.1, 0.15) is 99.8 Å². The second kappa shape index (κ2) is 12.4. The molecule has 0 spiro atoms. The first-order valence-corrected chi connectivity index (χ1v) is 19.2. The van der Waals surface area contributed by atoms with Gasteiger partial charge in [0, 0.05) is 5.92 Å². The topological polar surface area (TPSA) is 179 Å². The van der Waals surface area contributed by atoms with E-state index in [1.165, 1.54) is 0 Å². The second-order valence-electron chi connectivity index (χ2n) is 19.2. The zero-order valence-corrected chi connectivity index (χ0v) is 31.1. The maximum absolute atomic E-state index is 12.2. The molecule has 0 aromatic rings. The standard InChI is InChI=1S/C39H64O11/c1-18-9-12-37(6)26(18)21(41)16-39(8)32(37)20(40)15-24-36(5)13-11-25(35(3,4)23(36)10-14-38(24,39)7)49-34-31(28(44)22(42)17-47-34)50-33-30(46)29(45)27(43)19(2)48-33/h19-34,40-46H,1,9-17H2,2-8H3/t19-,20+,21-,22+,23-,24+,25-,26+,27-,28-,29+,30+,31+,32+,33-,34-,36-,37-,38+,39+/m0/s1. The van der Waals surface area contributed by atoms with Crippen LogP contribution >= 0.6 is 0 Å². The summed E-state index contributed by atoms with van der Waals surface area (Å²) in [4.78, 5) is 0. The summed E-state index contributed by atoms with van der Waals surface area (Å²) >= 11 is 0. The fourth-order valence-electron chi connectivity index (χ4n) is 14.0. The number of hydrogen-bond donors (Lipinski definition) is 7. The molecule has 7 fully saturated rings. The van der Waals surface area contributed by atoms with Gasteiger partial charge in [-0.25, -0.2) is 0 Å². The summed E-state index contributed by atoms with van der Waals surface area (Å²) < 4.78 is 24.4. The summed E-state index contributed by atoms with van der Waals surface area (Å²) in [6, 6.07) is 0. The molecule has 0 aromatic carbocycles. The van der Waals surface area contributed by atoms with Crippen molar-refractivity contribution in [1.82, 2.24) is 0 Å². The summed E-state index contributed by atoms with van der Waals surface area (Å²) in [7, 11) is 0. The second-order valence-corrected chi connectivity index (χ2v) is 19.2. The van der Waals surface area contributed by atoms with Gasteiger partial charge in [-0.3, -0.25) is 0 Å². The van der Waals surface area contributed by atoms with Crippen LogP contribution in [0.2, 0.25) is 0 Å². The van der Waals surface area contributed by atoms with E-state index in [0.717, 1.165) is 44.1 Å². The van der Waals surface area contributed by atoms with E-state index in [1.54, 1.807) is 6.92 Å². The van der Waals surface area contributed by atoms with E-state index in [2.05, 4.69) is 48.1 Å². The lowest BCUT2D eigenvalue weighted by molar-refractivity contribution is -0.365. The summed E-state index contributed by atoms with van der Waals surface area (Å²) in [6.07, 6.45) is -5.98. The number of aliphatic hydroxyl groups excluding tert-OH is 7. The van der Waals surface area contributed by atoms with E-state index in [9.17, 15) is 35.7 Å². The highest BCUT2D eigenvalue weighted by atomic mass is 16.8. The first-order valence-electron chi connectivity index (χ1n) is 19.2. The van der Waals surface area contributed by atoms with Gasteiger partial charge in [-0.1, -0.05) is 53.7 Å². The first kappa shape index (κ1) is 37.6. The van der Waals surface area contributed by atoms with Crippen molar-refractivity contribution in [3.05, 3.63) is 12.2 Å². The highest BCUT2D eigenvalue weighted by Gasteiger charge is 2.73. The van der Waals surface area contributed by atoms with Crippen LogP contribution in [0, 0.1) is 50.7 Å². The summed E-state index contributed by atoms with van der Waals surface area (Å²) in [6.45, 7) is 19.8. The lowest BCUT2D eigenvalue weighted by Gasteiger charge is -2.74. The number of fused-ring (bicyclic) bond motifs is 7. The van der Waals surface area contributed by atoms with Crippen molar-refractivity contribution in [3.63, 3.8) is 0 Å². The Morgan fingerprint density at radius 2 is 1.40 bits per heavy atom. The normalized spacial score (nSPS) is 59.2.